The summed E-state index contributed by atoms with van der Waals surface area (Å²) in [5.74, 6) is 0.953. The third-order valence-electron chi connectivity index (χ3n) is 0.629. The van der Waals surface area contributed by atoms with Crippen LogP contribution in [0.5, 0.6) is 0 Å². The standard InChI is InChI=1S/C4H10O2S2/c1-6-3-2-4-7-8-5/h5H,2-4H2,1H3. The summed E-state index contributed by atoms with van der Waals surface area (Å²) < 4.78 is 13.0. The van der Waals surface area contributed by atoms with Gasteiger partial charge in [0.2, 0.25) is 0 Å². The molecule has 0 aromatic heterocycles. The summed E-state index contributed by atoms with van der Waals surface area (Å²) in [6, 6.07) is 0. The van der Waals surface area contributed by atoms with Gasteiger partial charge in [-0.2, -0.15) is 0 Å². The smallest absolute Gasteiger partial charge is 0.0593 e. The van der Waals surface area contributed by atoms with E-state index >= 15 is 0 Å². The molecule has 8 heavy (non-hydrogen) atoms. The zero-order chi connectivity index (χ0) is 6.24. The van der Waals surface area contributed by atoms with Crippen molar-refractivity contribution in [2.24, 2.45) is 0 Å². The Hall–Kier alpha value is 0.620. The van der Waals surface area contributed by atoms with E-state index in [-0.39, 0.29) is 0 Å². The first-order chi connectivity index (χ1) is 3.91. The summed E-state index contributed by atoms with van der Waals surface area (Å²) >= 11 is 0.813. The van der Waals surface area contributed by atoms with Crippen LogP contribution in [-0.2, 0) is 4.74 Å². The van der Waals surface area contributed by atoms with Crippen LogP contribution >= 0.6 is 21.9 Å². The maximum absolute atomic E-state index is 8.20. The molecule has 50 valence electrons. The van der Waals surface area contributed by atoms with Gasteiger partial charge in [-0.25, -0.2) is 0 Å². The Balaban J connectivity index is 2.53. The molecule has 0 aliphatic heterocycles. The molecule has 0 rings (SSSR count). The number of hydrogen-bond donors (Lipinski definition) is 1. The van der Waals surface area contributed by atoms with E-state index in [9.17, 15) is 0 Å². The van der Waals surface area contributed by atoms with Crippen LogP contribution in [0.3, 0.4) is 0 Å². The molecule has 2 nitrogen and oxygen atoms in total. The minimum Gasteiger partial charge on any atom is -0.385 e. The van der Waals surface area contributed by atoms with Gasteiger partial charge < -0.3 is 9.29 Å². The Bertz CT molecular complexity index is 37.0. The van der Waals surface area contributed by atoms with Crippen LogP contribution in [0.25, 0.3) is 0 Å². The van der Waals surface area contributed by atoms with Crippen LogP contribution in [0, 0.1) is 0 Å². The topological polar surface area (TPSA) is 29.5 Å². The van der Waals surface area contributed by atoms with Crippen molar-refractivity contribution in [2.45, 2.75) is 6.42 Å². The summed E-state index contributed by atoms with van der Waals surface area (Å²) in [4.78, 5) is 0. The molecule has 0 unspecified atom stereocenters. The van der Waals surface area contributed by atoms with Crippen molar-refractivity contribution >= 4 is 21.9 Å². The van der Waals surface area contributed by atoms with Gasteiger partial charge in [-0.3, -0.25) is 0 Å². The fraction of sp³-hybridized carbons (Fsp3) is 1.00. The van der Waals surface area contributed by atoms with Crippen LogP contribution in [0.2, 0.25) is 0 Å². The average molecular weight is 154 g/mol. The highest BCUT2D eigenvalue weighted by Crippen LogP contribution is 2.16. The molecule has 0 spiro atoms. The quantitative estimate of drug-likeness (QED) is 0.372. The predicted molar refractivity (Wildman–Crippen MR) is 39.2 cm³/mol. The van der Waals surface area contributed by atoms with Crippen molar-refractivity contribution in [3.05, 3.63) is 0 Å². The molecule has 4 heteroatoms. The fourth-order valence-corrected chi connectivity index (χ4v) is 1.19. The van der Waals surface area contributed by atoms with E-state index in [1.165, 1.54) is 10.8 Å². The first-order valence-corrected chi connectivity index (χ1v) is 4.61. The van der Waals surface area contributed by atoms with Crippen LogP contribution in [0.4, 0.5) is 0 Å². The highest BCUT2D eigenvalue weighted by molar-refractivity contribution is 8.74. The van der Waals surface area contributed by atoms with E-state index < -0.39 is 0 Å². The second-order valence-electron chi connectivity index (χ2n) is 1.24. The first-order valence-electron chi connectivity index (χ1n) is 2.33. The van der Waals surface area contributed by atoms with E-state index in [0.717, 1.165) is 29.9 Å². The largest absolute Gasteiger partial charge is 0.385 e. The van der Waals surface area contributed by atoms with Gasteiger partial charge in [-0.15, -0.1) is 0 Å². The highest BCUT2D eigenvalue weighted by Gasteiger charge is 1.85. The van der Waals surface area contributed by atoms with Crippen LogP contribution in [0.1, 0.15) is 6.42 Å². The molecule has 0 aromatic carbocycles. The zero-order valence-electron chi connectivity index (χ0n) is 4.79. The summed E-state index contributed by atoms with van der Waals surface area (Å²) in [7, 11) is 3.12. The van der Waals surface area contributed by atoms with Crippen molar-refractivity contribution < 1.29 is 9.29 Å². The third-order valence-corrected chi connectivity index (χ3v) is 2.01. The molecule has 0 atom stereocenters. The fourth-order valence-electron chi connectivity index (χ4n) is 0.299. The van der Waals surface area contributed by atoms with E-state index in [4.69, 9.17) is 9.29 Å². The molecule has 0 bridgehead atoms. The van der Waals surface area contributed by atoms with Gasteiger partial charge in [0.25, 0.3) is 0 Å². The molecule has 0 radical (unpaired) electrons. The average Bonchev–Trinajstić information content (AvgIpc) is 1.81. The Morgan fingerprint density at radius 2 is 2.38 bits per heavy atom. The Morgan fingerprint density at radius 1 is 1.62 bits per heavy atom. The molecule has 0 heterocycles. The molecular weight excluding hydrogens is 144 g/mol. The highest BCUT2D eigenvalue weighted by atomic mass is 33.1. The normalized spacial score (nSPS) is 9.75. The first kappa shape index (κ1) is 8.62. The van der Waals surface area contributed by atoms with Gasteiger partial charge in [0.15, 0.2) is 0 Å². The van der Waals surface area contributed by atoms with Gasteiger partial charge in [0.05, 0.1) is 11.1 Å². The van der Waals surface area contributed by atoms with Gasteiger partial charge in [0, 0.05) is 19.5 Å². The van der Waals surface area contributed by atoms with Gasteiger partial charge in [-0.1, -0.05) is 10.8 Å². The summed E-state index contributed by atoms with van der Waals surface area (Å²) in [6.45, 7) is 0.785. The van der Waals surface area contributed by atoms with Crippen molar-refractivity contribution in [3.8, 4) is 0 Å². The molecule has 0 amide bonds. The lowest BCUT2D eigenvalue weighted by Gasteiger charge is -1.93. The Labute approximate surface area is 57.6 Å². The second kappa shape index (κ2) is 7.62. The minimum absolute atomic E-state index is 0.785. The molecule has 0 aliphatic rings. The van der Waals surface area contributed by atoms with Crippen LogP contribution in [0.15, 0.2) is 0 Å². The van der Waals surface area contributed by atoms with E-state index in [1.807, 2.05) is 0 Å². The van der Waals surface area contributed by atoms with Crippen molar-refractivity contribution in [1.29, 1.82) is 0 Å². The Kier molecular flexibility index (Phi) is 8.21. The molecule has 0 aromatic rings. The van der Waals surface area contributed by atoms with Crippen molar-refractivity contribution in [3.63, 3.8) is 0 Å². The molecular formula is C4H10O2S2. The zero-order valence-corrected chi connectivity index (χ0v) is 6.43. The number of methoxy groups -OCH3 is 1. The van der Waals surface area contributed by atoms with Gasteiger partial charge in [-0.05, 0) is 6.42 Å². The maximum atomic E-state index is 8.20. The van der Waals surface area contributed by atoms with Gasteiger partial charge in [0.1, 0.15) is 0 Å². The third kappa shape index (κ3) is 6.62. The SMILES string of the molecule is COCCCSSO. The number of rotatable bonds is 5. The monoisotopic (exact) mass is 154 g/mol. The van der Waals surface area contributed by atoms with E-state index in [1.54, 1.807) is 7.11 Å². The molecule has 0 saturated heterocycles. The number of hydrogen-bond acceptors (Lipinski definition) is 4. The molecule has 0 fully saturated rings. The van der Waals surface area contributed by atoms with E-state index in [2.05, 4.69) is 0 Å². The predicted octanol–water partition coefficient (Wildman–Crippen LogP) is 1.88. The molecule has 1 N–H and O–H groups in total. The minimum atomic E-state index is 0.785. The molecule has 0 saturated carbocycles. The van der Waals surface area contributed by atoms with E-state index in [0.29, 0.717) is 0 Å². The summed E-state index contributed by atoms with van der Waals surface area (Å²) in [6.07, 6.45) is 1.01. The lowest BCUT2D eigenvalue weighted by Crippen LogP contribution is -1.88. The lowest BCUT2D eigenvalue weighted by molar-refractivity contribution is 0.200. The second-order valence-corrected chi connectivity index (χ2v) is 3.19. The van der Waals surface area contributed by atoms with Crippen molar-refractivity contribution in [1.82, 2.24) is 0 Å². The van der Waals surface area contributed by atoms with Crippen LogP contribution < -0.4 is 0 Å². The summed E-state index contributed by atoms with van der Waals surface area (Å²) in [5.41, 5.74) is 0. The maximum Gasteiger partial charge on any atom is 0.0593 e. The molecule has 0 aliphatic carbocycles. The van der Waals surface area contributed by atoms with Crippen LogP contribution in [-0.4, -0.2) is 24.0 Å². The van der Waals surface area contributed by atoms with Crippen molar-refractivity contribution in [2.75, 3.05) is 19.5 Å². The Morgan fingerprint density at radius 3 is 2.88 bits per heavy atom. The lowest BCUT2D eigenvalue weighted by atomic mass is 10.5. The van der Waals surface area contributed by atoms with Gasteiger partial charge >= 0.3 is 0 Å². The number of ether oxygens (including phenoxy) is 1. The summed E-state index contributed by atoms with van der Waals surface area (Å²) in [5, 5.41) is 0.